The van der Waals surface area contributed by atoms with Crippen LogP contribution in [0.25, 0.3) is 16.7 Å². The fourth-order valence-electron chi connectivity index (χ4n) is 4.02. The van der Waals surface area contributed by atoms with Crippen molar-refractivity contribution in [3.63, 3.8) is 0 Å². The Bertz CT molecular complexity index is 1310. The molecule has 33 heavy (non-hydrogen) atoms. The summed E-state index contributed by atoms with van der Waals surface area (Å²) in [6, 6.07) is 4.56. The summed E-state index contributed by atoms with van der Waals surface area (Å²) in [6.07, 6.45) is -2.06. The molecule has 2 aliphatic rings. The second-order valence-corrected chi connectivity index (χ2v) is 10.8. The smallest absolute Gasteiger partial charge is 0.351 e. The van der Waals surface area contributed by atoms with Crippen LogP contribution < -0.4 is 10.2 Å². The van der Waals surface area contributed by atoms with Crippen LogP contribution in [-0.4, -0.2) is 65.0 Å². The van der Waals surface area contributed by atoms with E-state index in [-0.39, 0.29) is 36.4 Å². The maximum absolute atomic E-state index is 13.5. The molecule has 1 aromatic carbocycles. The van der Waals surface area contributed by atoms with Gasteiger partial charge in [-0.25, -0.2) is 17.5 Å². The Morgan fingerprint density at radius 3 is 2.52 bits per heavy atom. The fraction of sp³-hybridized carbons (Fsp3) is 0.450. The first kappa shape index (κ1) is 21.9. The number of nitrogens with zero attached hydrogens (tertiary/aromatic N) is 5. The van der Waals surface area contributed by atoms with Gasteiger partial charge in [0.05, 0.1) is 41.2 Å². The van der Waals surface area contributed by atoms with E-state index in [2.05, 4.69) is 20.4 Å². The van der Waals surface area contributed by atoms with Crippen LogP contribution in [0.15, 0.2) is 30.5 Å². The number of fused-ring (bicyclic) bond motifs is 1. The number of rotatable bonds is 5. The van der Waals surface area contributed by atoms with Gasteiger partial charge in [-0.15, -0.1) is 0 Å². The molecule has 3 heterocycles. The van der Waals surface area contributed by atoms with Gasteiger partial charge in [0.2, 0.25) is 5.95 Å². The lowest BCUT2D eigenvalue weighted by atomic mass is 9.92. The quantitative estimate of drug-likeness (QED) is 0.557. The van der Waals surface area contributed by atoms with Crippen molar-refractivity contribution < 1.29 is 26.0 Å². The number of hydrogen-bond acceptors (Lipinski definition) is 7. The van der Waals surface area contributed by atoms with Crippen LogP contribution in [0.1, 0.15) is 18.4 Å². The highest BCUT2D eigenvalue weighted by Gasteiger charge is 2.37. The number of aromatic nitrogens is 4. The summed E-state index contributed by atoms with van der Waals surface area (Å²) in [7, 11) is -3.14. The highest BCUT2D eigenvalue weighted by molar-refractivity contribution is 7.91. The van der Waals surface area contributed by atoms with E-state index in [1.807, 2.05) is 0 Å². The lowest BCUT2D eigenvalue weighted by molar-refractivity contribution is -0.137. The number of benzene rings is 1. The summed E-state index contributed by atoms with van der Waals surface area (Å²) in [5, 5.41) is 7.38. The molecule has 0 bridgehead atoms. The molecule has 1 saturated heterocycles. The Morgan fingerprint density at radius 1 is 1.15 bits per heavy atom. The van der Waals surface area contributed by atoms with E-state index in [0.29, 0.717) is 24.0 Å². The molecular weight excluding hydrogens is 464 g/mol. The molecule has 0 unspecified atom stereocenters. The zero-order valence-corrected chi connectivity index (χ0v) is 18.2. The van der Waals surface area contributed by atoms with Crippen LogP contribution in [-0.2, 0) is 16.0 Å². The van der Waals surface area contributed by atoms with Crippen molar-refractivity contribution in [2.45, 2.75) is 36.5 Å². The van der Waals surface area contributed by atoms with E-state index in [1.54, 1.807) is 4.90 Å². The average molecular weight is 484 g/mol. The SMILES string of the molecule is CS(=O)(=O)C1CC(Nc2nc(N3CC(F)C3)c3cnn(-c4cccc(C(F)(F)F)c4)c3n2)C1. The van der Waals surface area contributed by atoms with Crippen molar-refractivity contribution in [1.82, 2.24) is 19.7 Å². The van der Waals surface area contributed by atoms with Crippen molar-refractivity contribution in [3.8, 4) is 5.69 Å². The topological polar surface area (TPSA) is 93.0 Å². The largest absolute Gasteiger partial charge is 0.416 e. The summed E-state index contributed by atoms with van der Waals surface area (Å²) in [5.74, 6) is 0.610. The minimum Gasteiger partial charge on any atom is -0.351 e. The van der Waals surface area contributed by atoms with E-state index in [0.717, 1.165) is 12.1 Å². The van der Waals surface area contributed by atoms with Gasteiger partial charge in [-0.05, 0) is 31.0 Å². The van der Waals surface area contributed by atoms with Crippen LogP contribution in [0.2, 0.25) is 0 Å². The van der Waals surface area contributed by atoms with Crippen molar-refractivity contribution in [2.75, 3.05) is 29.6 Å². The molecule has 13 heteroatoms. The summed E-state index contributed by atoms with van der Waals surface area (Å²) in [4.78, 5) is 10.7. The third kappa shape index (κ3) is 4.09. The normalized spacial score (nSPS) is 21.7. The number of nitrogens with one attached hydrogen (secondary N) is 1. The van der Waals surface area contributed by atoms with Crippen LogP contribution in [0.3, 0.4) is 0 Å². The molecule has 0 radical (unpaired) electrons. The number of hydrogen-bond donors (Lipinski definition) is 1. The molecule has 1 N–H and O–H groups in total. The van der Waals surface area contributed by atoms with Gasteiger partial charge in [-0.2, -0.15) is 28.2 Å². The van der Waals surface area contributed by atoms with Crippen molar-refractivity contribution in [2.24, 2.45) is 0 Å². The minimum atomic E-state index is -4.51. The van der Waals surface area contributed by atoms with Crippen LogP contribution >= 0.6 is 0 Å². The summed E-state index contributed by atoms with van der Waals surface area (Å²) >= 11 is 0. The van der Waals surface area contributed by atoms with Crippen LogP contribution in [0.4, 0.5) is 29.3 Å². The number of sulfone groups is 1. The molecule has 1 aliphatic heterocycles. The Labute approximate surface area is 186 Å². The van der Waals surface area contributed by atoms with E-state index < -0.39 is 33.0 Å². The fourth-order valence-corrected chi connectivity index (χ4v) is 5.18. The van der Waals surface area contributed by atoms with E-state index in [1.165, 1.54) is 29.3 Å². The standard InChI is InChI=1S/C20H20F4N6O2S/c1-33(31,32)15-6-13(7-15)26-19-27-17(29-9-12(21)10-29)16-8-25-30(18(16)28-19)14-4-2-3-11(5-14)20(22,23)24/h2-5,8,12-13,15H,6-7,9-10H2,1H3,(H,26,27,28). The van der Waals surface area contributed by atoms with Gasteiger partial charge < -0.3 is 10.2 Å². The lowest BCUT2D eigenvalue weighted by Crippen LogP contribution is -2.49. The maximum atomic E-state index is 13.5. The molecule has 1 saturated carbocycles. The molecule has 5 rings (SSSR count). The van der Waals surface area contributed by atoms with E-state index >= 15 is 0 Å². The van der Waals surface area contributed by atoms with E-state index in [4.69, 9.17) is 0 Å². The second kappa shape index (κ2) is 7.54. The van der Waals surface area contributed by atoms with Crippen LogP contribution in [0.5, 0.6) is 0 Å². The van der Waals surface area contributed by atoms with Crippen molar-refractivity contribution >= 4 is 32.6 Å². The molecule has 0 spiro atoms. The Morgan fingerprint density at radius 2 is 1.88 bits per heavy atom. The average Bonchev–Trinajstić information content (AvgIpc) is 3.10. The molecule has 0 atom stereocenters. The van der Waals surface area contributed by atoms with Gasteiger partial charge in [-0.3, -0.25) is 0 Å². The first-order chi connectivity index (χ1) is 15.5. The minimum absolute atomic E-state index is 0.139. The molecule has 3 aromatic rings. The monoisotopic (exact) mass is 484 g/mol. The van der Waals surface area contributed by atoms with Gasteiger partial charge in [0.1, 0.15) is 21.8 Å². The first-order valence-electron chi connectivity index (χ1n) is 10.3. The third-order valence-corrected chi connectivity index (χ3v) is 7.59. The summed E-state index contributed by atoms with van der Waals surface area (Å²) < 4.78 is 77.8. The predicted molar refractivity (Wildman–Crippen MR) is 114 cm³/mol. The molecule has 1 aliphatic carbocycles. The molecular formula is C20H20F4N6O2S. The molecule has 2 fully saturated rings. The zero-order valence-electron chi connectivity index (χ0n) is 17.4. The van der Waals surface area contributed by atoms with E-state index in [9.17, 15) is 26.0 Å². The Hall–Kier alpha value is -2.96. The van der Waals surface area contributed by atoms with Crippen LogP contribution in [0, 0.1) is 0 Å². The zero-order chi connectivity index (χ0) is 23.5. The van der Waals surface area contributed by atoms with Gasteiger partial charge in [0, 0.05) is 12.3 Å². The van der Waals surface area contributed by atoms with Gasteiger partial charge in [-0.1, -0.05) is 6.07 Å². The molecule has 2 aromatic heterocycles. The Balaban J connectivity index is 1.53. The number of halogens is 4. The predicted octanol–water partition coefficient (Wildman–Crippen LogP) is 2.98. The Kier molecular flexibility index (Phi) is 4.99. The number of alkyl halides is 4. The highest BCUT2D eigenvalue weighted by Crippen LogP contribution is 2.34. The molecule has 0 amide bonds. The summed E-state index contributed by atoms with van der Waals surface area (Å²) in [6.45, 7) is 0.278. The lowest BCUT2D eigenvalue weighted by Gasteiger charge is -2.36. The van der Waals surface area contributed by atoms with Gasteiger partial charge in [0.25, 0.3) is 0 Å². The number of anilines is 2. The maximum Gasteiger partial charge on any atom is 0.416 e. The highest BCUT2D eigenvalue weighted by atomic mass is 32.2. The molecule has 8 nitrogen and oxygen atoms in total. The molecule has 176 valence electrons. The van der Waals surface area contributed by atoms with Crippen molar-refractivity contribution in [1.29, 1.82) is 0 Å². The second-order valence-electron chi connectivity index (χ2n) is 8.48. The third-order valence-electron chi connectivity index (χ3n) is 6.00. The first-order valence-corrected chi connectivity index (χ1v) is 12.2. The van der Waals surface area contributed by atoms with Gasteiger partial charge in [0.15, 0.2) is 5.65 Å². The summed E-state index contributed by atoms with van der Waals surface area (Å²) in [5.41, 5.74) is -0.383. The van der Waals surface area contributed by atoms with Gasteiger partial charge >= 0.3 is 6.18 Å². The van der Waals surface area contributed by atoms with Crippen molar-refractivity contribution in [3.05, 3.63) is 36.0 Å².